The number of benzene rings is 1. The Bertz CT molecular complexity index is 532. The number of ether oxygens (including phenoxy) is 1. The minimum Gasteiger partial charge on any atom is -0.364 e. The molecule has 2 fully saturated rings. The molecule has 0 radical (unpaired) electrons. The standard InChI is InChI=1S/C17H23BrN2O2.ClH/c18-13-5-3-12(4-6-13)17(9-1-2-10-17)20-16(21)15-8-7-14(11-19)22-15;/h3-6,14-15H,1-2,7-11,19H2,(H,20,21);1H/t14-,15+;/m1./s1. The predicted octanol–water partition coefficient (Wildman–Crippen LogP) is 3.26. The summed E-state index contributed by atoms with van der Waals surface area (Å²) in [6.45, 7) is 0.488. The van der Waals surface area contributed by atoms with Gasteiger partial charge in [0.25, 0.3) is 0 Å². The molecule has 1 aliphatic carbocycles. The Morgan fingerprint density at radius 1 is 1.26 bits per heavy atom. The lowest BCUT2D eigenvalue weighted by Crippen LogP contribution is -2.48. The lowest BCUT2D eigenvalue weighted by molar-refractivity contribution is -0.134. The fourth-order valence-electron chi connectivity index (χ4n) is 3.62. The van der Waals surface area contributed by atoms with Crippen LogP contribution < -0.4 is 11.1 Å². The summed E-state index contributed by atoms with van der Waals surface area (Å²) in [6, 6.07) is 8.29. The second-order valence-electron chi connectivity index (χ2n) is 6.35. The Labute approximate surface area is 152 Å². The average molecular weight is 404 g/mol. The van der Waals surface area contributed by atoms with Gasteiger partial charge in [0.1, 0.15) is 6.10 Å². The molecule has 1 saturated heterocycles. The second-order valence-corrected chi connectivity index (χ2v) is 7.26. The van der Waals surface area contributed by atoms with Crippen LogP contribution in [0.1, 0.15) is 44.1 Å². The quantitative estimate of drug-likeness (QED) is 0.811. The Morgan fingerprint density at radius 2 is 1.91 bits per heavy atom. The van der Waals surface area contributed by atoms with Crippen LogP contribution in [-0.2, 0) is 15.1 Å². The van der Waals surface area contributed by atoms with E-state index in [0.717, 1.165) is 43.0 Å². The maximum Gasteiger partial charge on any atom is 0.249 e. The zero-order valence-corrected chi connectivity index (χ0v) is 15.5. The first-order chi connectivity index (χ1) is 10.6. The summed E-state index contributed by atoms with van der Waals surface area (Å²) < 4.78 is 6.79. The summed E-state index contributed by atoms with van der Waals surface area (Å²) in [6.07, 6.45) is 5.61. The van der Waals surface area contributed by atoms with Gasteiger partial charge in [-0.25, -0.2) is 0 Å². The summed E-state index contributed by atoms with van der Waals surface area (Å²) in [5, 5.41) is 3.29. The van der Waals surface area contributed by atoms with Gasteiger partial charge in [0.2, 0.25) is 5.91 Å². The van der Waals surface area contributed by atoms with E-state index in [-0.39, 0.29) is 36.1 Å². The number of carbonyl (C=O) groups excluding carboxylic acids is 1. The van der Waals surface area contributed by atoms with Crippen LogP contribution in [0, 0.1) is 0 Å². The van der Waals surface area contributed by atoms with Gasteiger partial charge in [-0.15, -0.1) is 12.4 Å². The number of halogens is 2. The highest BCUT2D eigenvalue weighted by Crippen LogP contribution is 2.39. The van der Waals surface area contributed by atoms with Gasteiger partial charge in [-0.05, 0) is 43.4 Å². The SMILES string of the molecule is Cl.NC[C@H]1CC[C@@H](C(=O)NC2(c3ccc(Br)cc3)CCCC2)O1. The van der Waals surface area contributed by atoms with E-state index in [1.807, 2.05) is 12.1 Å². The third kappa shape index (κ3) is 4.08. The van der Waals surface area contributed by atoms with Crippen molar-refractivity contribution in [2.75, 3.05) is 6.54 Å². The monoisotopic (exact) mass is 402 g/mol. The molecule has 1 amide bonds. The van der Waals surface area contributed by atoms with Crippen molar-refractivity contribution >= 4 is 34.2 Å². The molecule has 128 valence electrons. The molecule has 2 atom stereocenters. The van der Waals surface area contributed by atoms with Crippen LogP contribution >= 0.6 is 28.3 Å². The summed E-state index contributed by atoms with van der Waals surface area (Å²) in [5.74, 6) is 0.0146. The van der Waals surface area contributed by atoms with Crippen molar-refractivity contribution in [2.24, 2.45) is 5.73 Å². The van der Waals surface area contributed by atoms with Crippen LogP contribution in [-0.4, -0.2) is 24.7 Å². The van der Waals surface area contributed by atoms with E-state index in [2.05, 4.69) is 33.4 Å². The van der Waals surface area contributed by atoms with Crippen molar-refractivity contribution in [3.05, 3.63) is 34.3 Å². The number of hydrogen-bond acceptors (Lipinski definition) is 3. The third-order valence-corrected chi connectivity index (χ3v) is 5.41. The maximum atomic E-state index is 12.6. The van der Waals surface area contributed by atoms with Gasteiger partial charge in [-0.1, -0.05) is 40.9 Å². The molecule has 1 aromatic carbocycles. The van der Waals surface area contributed by atoms with Crippen LogP contribution in [0.15, 0.2) is 28.7 Å². The van der Waals surface area contributed by atoms with Gasteiger partial charge < -0.3 is 15.8 Å². The molecule has 0 spiro atoms. The first kappa shape index (κ1) is 18.7. The van der Waals surface area contributed by atoms with Gasteiger partial charge in [-0.3, -0.25) is 4.79 Å². The zero-order valence-electron chi connectivity index (χ0n) is 13.1. The third-order valence-electron chi connectivity index (χ3n) is 4.88. The normalized spacial score (nSPS) is 25.8. The Hall–Kier alpha value is -0.620. The molecule has 4 nitrogen and oxygen atoms in total. The highest BCUT2D eigenvalue weighted by molar-refractivity contribution is 9.10. The highest BCUT2D eigenvalue weighted by atomic mass is 79.9. The molecule has 23 heavy (non-hydrogen) atoms. The molecule has 1 saturated carbocycles. The molecular formula is C17H24BrClN2O2. The first-order valence-electron chi connectivity index (χ1n) is 8.06. The van der Waals surface area contributed by atoms with Crippen molar-refractivity contribution < 1.29 is 9.53 Å². The van der Waals surface area contributed by atoms with Gasteiger partial charge in [-0.2, -0.15) is 0 Å². The van der Waals surface area contributed by atoms with Crippen molar-refractivity contribution in [1.82, 2.24) is 5.32 Å². The van der Waals surface area contributed by atoms with Crippen LogP contribution in [0.3, 0.4) is 0 Å². The second kappa shape index (κ2) is 7.97. The Balaban J connectivity index is 0.00000192. The summed E-state index contributed by atoms with van der Waals surface area (Å²) in [7, 11) is 0. The number of amides is 1. The van der Waals surface area contributed by atoms with E-state index >= 15 is 0 Å². The Kier molecular flexibility index (Phi) is 6.48. The molecule has 6 heteroatoms. The fraction of sp³-hybridized carbons (Fsp3) is 0.588. The molecule has 1 aliphatic heterocycles. The molecule has 1 aromatic rings. The largest absolute Gasteiger partial charge is 0.364 e. The van der Waals surface area contributed by atoms with Gasteiger partial charge >= 0.3 is 0 Å². The van der Waals surface area contributed by atoms with E-state index in [1.165, 1.54) is 5.56 Å². The van der Waals surface area contributed by atoms with Crippen molar-refractivity contribution in [3.63, 3.8) is 0 Å². The van der Waals surface area contributed by atoms with Crippen molar-refractivity contribution in [1.29, 1.82) is 0 Å². The fourth-order valence-corrected chi connectivity index (χ4v) is 3.89. The smallest absolute Gasteiger partial charge is 0.249 e. The van der Waals surface area contributed by atoms with E-state index in [1.54, 1.807) is 0 Å². The van der Waals surface area contributed by atoms with Crippen molar-refractivity contribution in [3.8, 4) is 0 Å². The molecule has 0 aromatic heterocycles. The number of hydrogen-bond donors (Lipinski definition) is 2. The van der Waals surface area contributed by atoms with Crippen LogP contribution in [0.25, 0.3) is 0 Å². The molecule has 3 N–H and O–H groups in total. The van der Waals surface area contributed by atoms with Crippen LogP contribution in [0.2, 0.25) is 0 Å². The van der Waals surface area contributed by atoms with Gasteiger partial charge in [0.05, 0.1) is 11.6 Å². The minimum atomic E-state index is -0.346. The van der Waals surface area contributed by atoms with E-state index in [0.29, 0.717) is 6.54 Å². The van der Waals surface area contributed by atoms with Crippen LogP contribution in [0.4, 0.5) is 0 Å². The summed E-state index contributed by atoms with van der Waals surface area (Å²) >= 11 is 3.47. The highest BCUT2D eigenvalue weighted by Gasteiger charge is 2.40. The first-order valence-corrected chi connectivity index (χ1v) is 8.86. The van der Waals surface area contributed by atoms with Gasteiger partial charge in [0, 0.05) is 11.0 Å². The Morgan fingerprint density at radius 3 is 2.48 bits per heavy atom. The van der Waals surface area contributed by atoms with Crippen molar-refractivity contribution in [2.45, 2.75) is 56.3 Å². The number of nitrogens with two attached hydrogens (primary N) is 1. The number of carbonyl (C=O) groups is 1. The molecule has 1 heterocycles. The maximum absolute atomic E-state index is 12.6. The topological polar surface area (TPSA) is 64.4 Å². The van der Waals surface area contributed by atoms with E-state index < -0.39 is 0 Å². The number of rotatable bonds is 4. The van der Waals surface area contributed by atoms with E-state index in [4.69, 9.17) is 10.5 Å². The molecule has 2 aliphatic rings. The minimum absolute atomic E-state index is 0. The molecule has 3 rings (SSSR count). The van der Waals surface area contributed by atoms with Crippen LogP contribution in [0.5, 0.6) is 0 Å². The molecule has 0 bridgehead atoms. The lowest BCUT2D eigenvalue weighted by atomic mass is 9.88. The molecular weight excluding hydrogens is 380 g/mol. The van der Waals surface area contributed by atoms with E-state index in [9.17, 15) is 4.79 Å². The number of nitrogens with one attached hydrogen (secondary N) is 1. The summed E-state index contributed by atoms with van der Waals surface area (Å²) in [4.78, 5) is 12.6. The average Bonchev–Trinajstić information content (AvgIpc) is 3.17. The lowest BCUT2D eigenvalue weighted by Gasteiger charge is -2.32. The summed E-state index contributed by atoms with van der Waals surface area (Å²) in [5.41, 5.74) is 6.59. The zero-order chi connectivity index (χ0) is 15.6. The van der Waals surface area contributed by atoms with Gasteiger partial charge in [0.15, 0.2) is 0 Å². The molecule has 0 unspecified atom stereocenters. The predicted molar refractivity (Wildman–Crippen MR) is 96.6 cm³/mol.